The maximum absolute atomic E-state index is 5.18. The monoisotopic (exact) mass is 266 g/mol. The summed E-state index contributed by atoms with van der Waals surface area (Å²) in [4.78, 5) is 2.38. The first-order valence-electron chi connectivity index (χ1n) is 5.13. The van der Waals surface area contributed by atoms with Crippen LogP contribution < -0.4 is 4.90 Å². The quantitative estimate of drug-likeness (QED) is 0.794. The second-order valence-electron chi connectivity index (χ2n) is 3.86. The van der Waals surface area contributed by atoms with Gasteiger partial charge in [0.2, 0.25) is 0 Å². The Hall–Kier alpha value is -1.03. The number of anilines is 1. The van der Waals surface area contributed by atoms with E-state index < -0.39 is 0 Å². The van der Waals surface area contributed by atoms with E-state index in [2.05, 4.69) is 38.1 Å². The predicted octanol–water partition coefficient (Wildman–Crippen LogP) is 3.19. The third-order valence-corrected chi connectivity index (χ3v) is 3.50. The number of halogens is 1. The van der Waals surface area contributed by atoms with Gasteiger partial charge in [0.05, 0.1) is 11.9 Å². The number of nitrogens with zero attached hydrogens (tertiary/aromatic N) is 2. The molecule has 0 unspecified atom stereocenters. The maximum Gasteiger partial charge on any atom is 0.168 e. The summed E-state index contributed by atoms with van der Waals surface area (Å²) in [5.74, 6) is 0. The smallest absolute Gasteiger partial charge is 0.168 e. The van der Waals surface area contributed by atoms with Gasteiger partial charge in [0.15, 0.2) is 5.58 Å². The first-order valence-corrected chi connectivity index (χ1v) is 5.93. The Labute approximate surface area is 96.2 Å². The zero-order valence-electron chi connectivity index (χ0n) is 8.24. The van der Waals surface area contributed by atoms with E-state index in [0.29, 0.717) is 0 Å². The fourth-order valence-corrected chi connectivity index (χ4v) is 2.69. The predicted molar refractivity (Wildman–Crippen MR) is 63.2 cm³/mol. The molecule has 0 atom stereocenters. The largest absolute Gasteiger partial charge is 0.371 e. The molecule has 1 aromatic carbocycles. The second-order valence-corrected chi connectivity index (χ2v) is 4.72. The summed E-state index contributed by atoms with van der Waals surface area (Å²) in [6.07, 6.45) is 4.30. The van der Waals surface area contributed by atoms with Crippen LogP contribution in [-0.2, 0) is 0 Å². The van der Waals surface area contributed by atoms with Crippen LogP contribution in [0.2, 0.25) is 0 Å². The van der Waals surface area contributed by atoms with Crippen LogP contribution in [0.4, 0.5) is 5.69 Å². The molecule has 0 spiro atoms. The summed E-state index contributed by atoms with van der Waals surface area (Å²) >= 11 is 3.60. The lowest BCUT2D eigenvalue weighted by molar-refractivity contribution is 0.456. The summed E-state index contributed by atoms with van der Waals surface area (Å²) < 4.78 is 6.30. The molecule has 3 rings (SSSR count). The molecule has 4 heteroatoms. The van der Waals surface area contributed by atoms with Crippen molar-refractivity contribution in [2.45, 2.75) is 12.8 Å². The molecule has 0 radical (unpaired) electrons. The van der Waals surface area contributed by atoms with Crippen molar-refractivity contribution in [2.75, 3.05) is 18.0 Å². The molecular formula is C11H11BrN2O. The minimum Gasteiger partial charge on any atom is -0.371 e. The molecule has 2 heterocycles. The van der Waals surface area contributed by atoms with E-state index >= 15 is 0 Å². The van der Waals surface area contributed by atoms with Gasteiger partial charge in [0.1, 0.15) is 0 Å². The molecule has 3 nitrogen and oxygen atoms in total. The van der Waals surface area contributed by atoms with Crippen molar-refractivity contribution >= 4 is 32.6 Å². The van der Waals surface area contributed by atoms with Gasteiger partial charge in [0.25, 0.3) is 0 Å². The lowest BCUT2D eigenvalue weighted by atomic mass is 10.2. The number of fused-ring (bicyclic) bond motifs is 1. The number of rotatable bonds is 1. The fraction of sp³-hybridized carbons (Fsp3) is 0.364. The van der Waals surface area contributed by atoms with Crippen LogP contribution in [0.1, 0.15) is 12.8 Å². The van der Waals surface area contributed by atoms with Gasteiger partial charge in [-0.05, 0) is 34.8 Å². The van der Waals surface area contributed by atoms with E-state index in [0.717, 1.165) is 28.5 Å². The van der Waals surface area contributed by atoms with E-state index in [1.165, 1.54) is 18.5 Å². The molecule has 1 aliphatic heterocycles. The minimum atomic E-state index is 0.861. The number of aromatic nitrogens is 1. The molecule has 2 aromatic rings. The highest BCUT2D eigenvalue weighted by molar-refractivity contribution is 9.10. The maximum atomic E-state index is 5.18. The van der Waals surface area contributed by atoms with Crippen molar-refractivity contribution in [3.8, 4) is 0 Å². The zero-order chi connectivity index (χ0) is 10.3. The normalized spacial score (nSPS) is 16.5. The van der Waals surface area contributed by atoms with E-state index in [9.17, 15) is 0 Å². The molecule has 1 fully saturated rings. The molecule has 0 bridgehead atoms. The van der Waals surface area contributed by atoms with Crippen molar-refractivity contribution < 1.29 is 4.52 Å². The van der Waals surface area contributed by atoms with Crippen LogP contribution in [0, 0.1) is 0 Å². The van der Waals surface area contributed by atoms with Gasteiger partial charge in [-0.1, -0.05) is 5.16 Å². The topological polar surface area (TPSA) is 29.3 Å². The van der Waals surface area contributed by atoms with Crippen LogP contribution in [-0.4, -0.2) is 18.2 Å². The summed E-state index contributed by atoms with van der Waals surface area (Å²) in [6.45, 7) is 2.27. The summed E-state index contributed by atoms with van der Waals surface area (Å²) in [5.41, 5.74) is 2.08. The van der Waals surface area contributed by atoms with Gasteiger partial charge in [-0.3, -0.25) is 0 Å². The Morgan fingerprint density at radius 2 is 2.07 bits per heavy atom. The molecule has 0 amide bonds. The molecule has 1 aliphatic rings. The highest BCUT2D eigenvalue weighted by Crippen LogP contribution is 2.33. The van der Waals surface area contributed by atoms with Crippen molar-refractivity contribution in [3.05, 3.63) is 22.8 Å². The van der Waals surface area contributed by atoms with Crippen molar-refractivity contribution in [3.63, 3.8) is 0 Å². The molecule has 1 aromatic heterocycles. The number of hydrogen-bond acceptors (Lipinski definition) is 3. The average molecular weight is 267 g/mol. The highest BCUT2D eigenvalue weighted by Gasteiger charge is 2.16. The Kier molecular flexibility index (Phi) is 2.16. The van der Waals surface area contributed by atoms with Gasteiger partial charge in [-0.25, -0.2) is 0 Å². The third kappa shape index (κ3) is 1.53. The Bertz CT molecular complexity index is 488. The Morgan fingerprint density at radius 3 is 2.87 bits per heavy atom. The first kappa shape index (κ1) is 9.21. The number of benzene rings is 1. The second kappa shape index (κ2) is 3.52. The SMILES string of the molecule is Brc1cc2cnoc2cc1N1CCCC1. The van der Waals surface area contributed by atoms with Gasteiger partial charge in [-0.15, -0.1) is 0 Å². The van der Waals surface area contributed by atoms with Crippen LogP contribution in [0.25, 0.3) is 11.0 Å². The van der Waals surface area contributed by atoms with E-state index in [4.69, 9.17) is 4.52 Å². The average Bonchev–Trinajstić information content (AvgIpc) is 2.85. The van der Waals surface area contributed by atoms with E-state index in [-0.39, 0.29) is 0 Å². The lowest BCUT2D eigenvalue weighted by Gasteiger charge is -2.18. The molecule has 0 aliphatic carbocycles. The van der Waals surface area contributed by atoms with Crippen LogP contribution in [0.15, 0.2) is 27.3 Å². The minimum absolute atomic E-state index is 0.861. The fourth-order valence-electron chi connectivity index (χ4n) is 2.08. The summed E-state index contributed by atoms with van der Waals surface area (Å²) in [6, 6.07) is 4.14. The van der Waals surface area contributed by atoms with Gasteiger partial charge in [-0.2, -0.15) is 0 Å². The van der Waals surface area contributed by atoms with Crippen LogP contribution >= 0.6 is 15.9 Å². The lowest BCUT2D eigenvalue weighted by Crippen LogP contribution is -2.17. The summed E-state index contributed by atoms with van der Waals surface area (Å²) in [7, 11) is 0. The van der Waals surface area contributed by atoms with E-state index in [1.54, 1.807) is 6.20 Å². The van der Waals surface area contributed by atoms with Crippen molar-refractivity contribution in [1.29, 1.82) is 0 Å². The standard InChI is InChI=1S/C11H11BrN2O/c12-9-5-8-7-13-15-11(8)6-10(9)14-3-1-2-4-14/h5-7H,1-4H2. The van der Waals surface area contributed by atoms with Crippen LogP contribution in [0.5, 0.6) is 0 Å². The Balaban J connectivity index is 2.11. The van der Waals surface area contributed by atoms with Crippen LogP contribution in [0.3, 0.4) is 0 Å². The number of hydrogen-bond donors (Lipinski definition) is 0. The molecule has 78 valence electrons. The molecule has 15 heavy (non-hydrogen) atoms. The molecule has 0 N–H and O–H groups in total. The summed E-state index contributed by atoms with van der Waals surface area (Å²) in [5, 5.41) is 4.84. The molecule has 1 saturated heterocycles. The third-order valence-electron chi connectivity index (χ3n) is 2.87. The first-order chi connectivity index (χ1) is 7.34. The molecular weight excluding hydrogens is 256 g/mol. The van der Waals surface area contributed by atoms with Gasteiger partial charge < -0.3 is 9.42 Å². The van der Waals surface area contributed by atoms with Gasteiger partial charge in [0, 0.05) is 29.0 Å². The van der Waals surface area contributed by atoms with Gasteiger partial charge >= 0.3 is 0 Å². The van der Waals surface area contributed by atoms with E-state index in [1.807, 2.05) is 0 Å². The van der Waals surface area contributed by atoms with Crippen molar-refractivity contribution in [1.82, 2.24) is 5.16 Å². The Morgan fingerprint density at radius 1 is 1.27 bits per heavy atom. The highest BCUT2D eigenvalue weighted by atomic mass is 79.9. The molecule has 0 saturated carbocycles. The zero-order valence-corrected chi connectivity index (χ0v) is 9.83. The van der Waals surface area contributed by atoms with Crippen molar-refractivity contribution in [2.24, 2.45) is 0 Å².